The summed E-state index contributed by atoms with van der Waals surface area (Å²) in [5.41, 5.74) is 1.68. The molecule has 0 N–H and O–H groups in total. The summed E-state index contributed by atoms with van der Waals surface area (Å²) >= 11 is 1.71. The maximum atomic E-state index is 13.0. The van der Waals surface area contributed by atoms with E-state index in [1.54, 1.807) is 16.2 Å². The lowest BCUT2D eigenvalue weighted by Crippen LogP contribution is -2.48. The Balaban J connectivity index is 1.07. The molecule has 0 spiro atoms. The minimum atomic E-state index is -0.560. The van der Waals surface area contributed by atoms with E-state index in [0.717, 1.165) is 47.3 Å². The standard InChI is InChI=1S/C38H45NO7S/c1-38(2,3)46-37(40)39-16-15-35(29-10-12-31(13-11-29)42-18-5-17-41-26-34-6-4-19-47-34)36(22-39)45-23-27-7-8-28-9-14-32(21-30(28)20-27)43-24-33-25-44-33/h4,6-14,19-21,33,35-36H,5,15-18,22-26H2,1-3H3/t33-,35-,36+/m0/s1. The van der Waals surface area contributed by atoms with Crippen molar-refractivity contribution in [3.8, 4) is 11.5 Å². The van der Waals surface area contributed by atoms with E-state index < -0.39 is 5.60 Å². The fourth-order valence-corrected chi connectivity index (χ4v) is 6.34. The molecular weight excluding hydrogens is 614 g/mol. The van der Waals surface area contributed by atoms with Crippen molar-refractivity contribution < 1.29 is 33.2 Å². The largest absolute Gasteiger partial charge is 0.494 e. The van der Waals surface area contributed by atoms with Crippen LogP contribution in [0.3, 0.4) is 0 Å². The first-order valence-corrected chi connectivity index (χ1v) is 17.4. The van der Waals surface area contributed by atoms with Crippen molar-refractivity contribution in [2.75, 3.05) is 39.5 Å². The van der Waals surface area contributed by atoms with Gasteiger partial charge in [-0.2, -0.15) is 0 Å². The second kappa shape index (κ2) is 15.5. The summed E-state index contributed by atoms with van der Waals surface area (Å²) in [7, 11) is 0. The molecule has 3 atom stereocenters. The van der Waals surface area contributed by atoms with Crippen molar-refractivity contribution in [3.63, 3.8) is 0 Å². The van der Waals surface area contributed by atoms with Gasteiger partial charge in [-0.1, -0.05) is 36.4 Å². The maximum Gasteiger partial charge on any atom is 0.410 e. The Kier molecular flexibility index (Phi) is 11.0. The number of thiophene rings is 1. The van der Waals surface area contributed by atoms with E-state index in [0.29, 0.717) is 46.1 Å². The topological polar surface area (TPSA) is 79.0 Å². The lowest BCUT2D eigenvalue weighted by Gasteiger charge is -2.39. The molecule has 0 aliphatic carbocycles. The molecule has 8 nitrogen and oxygen atoms in total. The van der Waals surface area contributed by atoms with E-state index in [1.807, 2.05) is 45.0 Å². The Labute approximate surface area is 281 Å². The number of epoxide rings is 1. The van der Waals surface area contributed by atoms with Gasteiger partial charge in [0.1, 0.15) is 29.8 Å². The Bertz CT molecular complexity index is 1580. The summed E-state index contributed by atoms with van der Waals surface area (Å²) in [6.07, 6.45) is 1.30. The van der Waals surface area contributed by atoms with Crippen LogP contribution in [0, 0.1) is 0 Å². The van der Waals surface area contributed by atoms with Gasteiger partial charge in [0.05, 0.1) is 45.7 Å². The molecule has 2 saturated heterocycles. The third-order valence-corrected chi connectivity index (χ3v) is 9.07. The monoisotopic (exact) mass is 659 g/mol. The lowest BCUT2D eigenvalue weighted by atomic mass is 9.87. The summed E-state index contributed by atoms with van der Waals surface area (Å²) in [4.78, 5) is 16.0. The van der Waals surface area contributed by atoms with Gasteiger partial charge in [0.2, 0.25) is 0 Å². The minimum Gasteiger partial charge on any atom is -0.494 e. The van der Waals surface area contributed by atoms with Gasteiger partial charge in [-0.3, -0.25) is 0 Å². The Morgan fingerprint density at radius 1 is 0.936 bits per heavy atom. The van der Waals surface area contributed by atoms with E-state index in [-0.39, 0.29) is 24.2 Å². The van der Waals surface area contributed by atoms with Gasteiger partial charge in [-0.15, -0.1) is 11.3 Å². The molecule has 47 heavy (non-hydrogen) atoms. The number of nitrogens with zero attached hydrogens (tertiary/aromatic N) is 1. The summed E-state index contributed by atoms with van der Waals surface area (Å²) in [5, 5.41) is 4.30. The number of hydrogen-bond acceptors (Lipinski definition) is 8. The van der Waals surface area contributed by atoms with Crippen LogP contribution in [-0.2, 0) is 32.2 Å². The van der Waals surface area contributed by atoms with E-state index in [4.69, 9.17) is 28.4 Å². The number of carbonyl (C=O) groups is 1. The van der Waals surface area contributed by atoms with Crippen molar-refractivity contribution in [1.82, 2.24) is 4.90 Å². The molecule has 1 amide bonds. The summed E-state index contributed by atoms with van der Waals surface area (Å²) in [6, 6.07) is 24.9. The Morgan fingerprint density at radius 3 is 2.51 bits per heavy atom. The van der Waals surface area contributed by atoms with Crippen molar-refractivity contribution in [1.29, 1.82) is 0 Å². The number of carbonyl (C=O) groups excluding carboxylic acids is 1. The number of amides is 1. The van der Waals surface area contributed by atoms with E-state index in [9.17, 15) is 4.79 Å². The first-order chi connectivity index (χ1) is 22.8. The summed E-state index contributed by atoms with van der Waals surface area (Å²) in [6.45, 7) is 10.4. The first kappa shape index (κ1) is 33.3. The van der Waals surface area contributed by atoms with Crippen LogP contribution in [-0.4, -0.2) is 68.3 Å². The first-order valence-electron chi connectivity index (χ1n) is 16.5. The number of ether oxygens (including phenoxy) is 6. The molecule has 0 unspecified atom stereocenters. The van der Waals surface area contributed by atoms with Crippen LogP contribution in [0.25, 0.3) is 10.8 Å². The predicted octanol–water partition coefficient (Wildman–Crippen LogP) is 7.97. The summed E-state index contributed by atoms with van der Waals surface area (Å²) in [5.74, 6) is 1.79. The molecule has 1 aromatic heterocycles. The van der Waals surface area contributed by atoms with Crippen molar-refractivity contribution in [2.45, 2.75) is 70.6 Å². The molecule has 6 rings (SSSR count). The fraction of sp³-hybridized carbons (Fsp3) is 0.447. The molecule has 2 fully saturated rings. The van der Waals surface area contributed by atoms with Crippen LogP contribution in [0.2, 0.25) is 0 Å². The number of benzene rings is 3. The van der Waals surface area contributed by atoms with Crippen LogP contribution in [0.1, 0.15) is 55.5 Å². The molecule has 2 aliphatic heterocycles. The molecule has 0 radical (unpaired) electrons. The van der Waals surface area contributed by atoms with E-state index in [1.165, 1.54) is 10.4 Å². The van der Waals surface area contributed by atoms with Crippen LogP contribution < -0.4 is 9.47 Å². The van der Waals surface area contributed by atoms with Gasteiger partial charge in [0.25, 0.3) is 0 Å². The second-order valence-corrected chi connectivity index (χ2v) is 14.2. The molecule has 9 heteroatoms. The van der Waals surface area contributed by atoms with E-state index >= 15 is 0 Å². The quantitative estimate of drug-likeness (QED) is 0.100. The molecule has 0 bridgehead atoms. The Morgan fingerprint density at radius 2 is 1.74 bits per heavy atom. The van der Waals surface area contributed by atoms with Crippen molar-refractivity contribution >= 4 is 28.2 Å². The van der Waals surface area contributed by atoms with Gasteiger partial charge in [0.15, 0.2) is 0 Å². The van der Waals surface area contributed by atoms with Crippen molar-refractivity contribution in [2.24, 2.45) is 0 Å². The van der Waals surface area contributed by atoms with Gasteiger partial charge in [-0.05, 0) is 90.9 Å². The van der Waals surface area contributed by atoms with Gasteiger partial charge in [0, 0.05) is 23.8 Å². The third kappa shape index (κ3) is 9.93. The number of fused-ring (bicyclic) bond motifs is 1. The second-order valence-electron chi connectivity index (χ2n) is 13.2. The third-order valence-electron chi connectivity index (χ3n) is 8.22. The van der Waals surface area contributed by atoms with E-state index in [2.05, 4.69) is 53.9 Å². The van der Waals surface area contributed by atoms with Gasteiger partial charge in [-0.25, -0.2) is 4.79 Å². The van der Waals surface area contributed by atoms with Crippen LogP contribution in [0.15, 0.2) is 78.2 Å². The molecule has 0 saturated carbocycles. The highest BCUT2D eigenvalue weighted by atomic mass is 32.1. The van der Waals surface area contributed by atoms with Crippen LogP contribution in [0.5, 0.6) is 11.5 Å². The highest BCUT2D eigenvalue weighted by molar-refractivity contribution is 7.09. The minimum absolute atomic E-state index is 0.124. The average molecular weight is 660 g/mol. The van der Waals surface area contributed by atoms with Gasteiger partial charge >= 0.3 is 6.09 Å². The fourth-order valence-electron chi connectivity index (χ4n) is 5.70. The molecule has 2 aliphatic rings. The zero-order valence-corrected chi connectivity index (χ0v) is 28.3. The van der Waals surface area contributed by atoms with Gasteiger partial charge < -0.3 is 33.3 Å². The SMILES string of the molecule is CC(C)(C)OC(=O)N1CC[C@@H](c2ccc(OCCCOCc3cccs3)cc2)[C@H](OCc2ccc3ccc(OC[C@H]4CO4)cc3c2)C1. The number of piperidine rings is 1. The lowest BCUT2D eigenvalue weighted by molar-refractivity contribution is -0.0359. The maximum absolute atomic E-state index is 13.0. The zero-order chi connectivity index (χ0) is 32.6. The summed E-state index contributed by atoms with van der Waals surface area (Å²) < 4.78 is 35.3. The smallest absolute Gasteiger partial charge is 0.410 e. The zero-order valence-electron chi connectivity index (χ0n) is 27.5. The highest BCUT2D eigenvalue weighted by Gasteiger charge is 2.35. The molecule has 4 aromatic rings. The average Bonchev–Trinajstić information content (AvgIpc) is 3.75. The number of rotatable bonds is 14. The normalized spacial score (nSPS) is 19.5. The van der Waals surface area contributed by atoms with Crippen LogP contribution >= 0.6 is 11.3 Å². The highest BCUT2D eigenvalue weighted by Crippen LogP contribution is 2.33. The number of likely N-dealkylation sites (tertiary alicyclic amines) is 1. The number of hydrogen-bond donors (Lipinski definition) is 0. The predicted molar refractivity (Wildman–Crippen MR) is 183 cm³/mol. The molecule has 250 valence electrons. The molecule has 3 heterocycles. The molecule has 3 aromatic carbocycles. The Hall–Kier alpha value is -3.63. The molecular formula is C38H45NO7S. The van der Waals surface area contributed by atoms with Crippen LogP contribution in [0.4, 0.5) is 4.79 Å². The van der Waals surface area contributed by atoms with Crippen molar-refractivity contribution in [3.05, 3.63) is 94.2 Å².